The standard InChI is InChI=1S/C13H9F2NOS/c14-9-3-1-2-4-11(9)16-13(17)8-5-6-10(15)12(18)7-8/h1-7,18H,(H,16,17). The number of hydrogen-bond donors (Lipinski definition) is 2. The SMILES string of the molecule is O=C(Nc1ccccc1F)c1ccc(F)c(S)c1. The van der Waals surface area contributed by atoms with Gasteiger partial charge in [-0.05, 0) is 30.3 Å². The van der Waals surface area contributed by atoms with Gasteiger partial charge in [-0.15, -0.1) is 12.6 Å². The highest BCUT2D eigenvalue weighted by molar-refractivity contribution is 7.80. The first kappa shape index (κ1) is 12.6. The van der Waals surface area contributed by atoms with Crippen LogP contribution < -0.4 is 5.32 Å². The van der Waals surface area contributed by atoms with Crippen LogP contribution in [0.25, 0.3) is 0 Å². The van der Waals surface area contributed by atoms with E-state index in [1.54, 1.807) is 6.07 Å². The number of halogens is 2. The molecule has 0 unspecified atom stereocenters. The normalized spacial score (nSPS) is 10.2. The van der Waals surface area contributed by atoms with Gasteiger partial charge in [-0.3, -0.25) is 4.79 Å². The quantitative estimate of drug-likeness (QED) is 0.799. The zero-order valence-corrected chi connectivity index (χ0v) is 10.0. The molecule has 0 aliphatic heterocycles. The number of nitrogens with one attached hydrogen (secondary N) is 1. The van der Waals surface area contributed by atoms with Crippen molar-refractivity contribution >= 4 is 24.2 Å². The molecular weight excluding hydrogens is 256 g/mol. The average molecular weight is 265 g/mol. The van der Waals surface area contributed by atoms with Gasteiger partial charge in [0.05, 0.1) is 5.69 Å². The topological polar surface area (TPSA) is 29.1 Å². The number of benzene rings is 2. The Balaban J connectivity index is 2.22. The molecule has 0 aliphatic rings. The highest BCUT2D eigenvalue weighted by Gasteiger charge is 2.10. The van der Waals surface area contributed by atoms with Gasteiger partial charge in [0.15, 0.2) is 0 Å². The van der Waals surface area contributed by atoms with Gasteiger partial charge in [0.2, 0.25) is 0 Å². The summed E-state index contributed by atoms with van der Waals surface area (Å²) in [6, 6.07) is 9.54. The predicted octanol–water partition coefficient (Wildman–Crippen LogP) is 3.51. The molecule has 1 amide bonds. The number of rotatable bonds is 2. The summed E-state index contributed by atoms with van der Waals surface area (Å²) in [4.78, 5) is 11.9. The monoisotopic (exact) mass is 265 g/mol. The van der Waals surface area contributed by atoms with Crippen LogP contribution in [0, 0.1) is 11.6 Å². The Morgan fingerprint density at radius 3 is 2.44 bits per heavy atom. The van der Waals surface area contributed by atoms with E-state index in [2.05, 4.69) is 17.9 Å². The van der Waals surface area contributed by atoms with Gasteiger partial charge >= 0.3 is 0 Å². The van der Waals surface area contributed by atoms with Gasteiger partial charge in [0.1, 0.15) is 11.6 Å². The summed E-state index contributed by atoms with van der Waals surface area (Å²) in [6.07, 6.45) is 0. The fourth-order valence-corrected chi connectivity index (χ4v) is 1.62. The van der Waals surface area contributed by atoms with Crippen LogP contribution in [-0.2, 0) is 0 Å². The van der Waals surface area contributed by atoms with Crippen molar-refractivity contribution in [3.05, 3.63) is 59.7 Å². The number of anilines is 1. The Kier molecular flexibility index (Phi) is 3.62. The van der Waals surface area contributed by atoms with Crippen LogP contribution in [0.1, 0.15) is 10.4 Å². The minimum atomic E-state index is -0.529. The Morgan fingerprint density at radius 2 is 1.78 bits per heavy atom. The van der Waals surface area contributed by atoms with Gasteiger partial charge in [0.25, 0.3) is 5.91 Å². The first-order valence-electron chi connectivity index (χ1n) is 5.12. The van der Waals surface area contributed by atoms with Crippen LogP contribution in [-0.4, -0.2) is 5.91 Å². The first-order valence-corrected chi connectivity index (χ1v) is 5.57. The number of hydrogen-bond acceptors (Lipinski definition) is 2. The summed E-state index contributed by atoms with van der Waals surface area (Å²) in [5.41, 5.74) is 0.289. The van der Waals surface area contributed by atoms with E-state index in [1.165, 1.54) is 30.3 Å². The summed E-state index contributed by atoms with van der Waals surface area (Å²) in [5.74, 6) is -1.56. The molecule has 2 rings (SSSR count). The van der Waals surface area contributed by atoms with Crippen LogP contribution in [0.15, 0.2) is 47.4 Å². The molecule has 2 nitrogen and oxygen atoms in total. The number of amides is 1. The molecule has 0 fully saturated rings. The molecule has 92 valence electrons. The number of para-hydroxylation sites is 1. The molecular formula is C13H9F2NOS. The van der Waals surface area contributed by atoms with Gasteiger partial charge in [0, 0.05) is 10.5 Å². The average Bonchev–Trinajstić information content (AvgIpc) is 2.35. The molecule has 0 radical (unpaired) electrons. The largest absolute Gasteiger partial charge is 0.319 e. The van der Waals surface area contributed by atoms with Crippen molar-refractivity contribution in [1.29, 1.82) is 0 Å². The zero-order valence-electron chi connectivity index (χ0n) is 9.15. The van der Waals surface area contributed by atoms with E-state index in [0.717, 1.165) is 6.07 Å². The zero-order chi connectivity index (χ0) is 13.1. The summed E-state index contributed by atoms with van der Waals surface area (Å²) < 4.78 is 26.3. The highest BCUT2D eigenvalue weighted by atomic mass is 32.1. The van der Waals surface area contributed by atoms with Crippen molar-refractivity contribution in [3.8, 4) is 0 Å². The molecule has 0 atom stereocenters. The first-order chi connectivity index (χ1) is 8.58. The van der Waals surface area contributed by atoms with Crippen molar-refractivity contribution in [1.82, 2.24) is 0 Å². The molecule has 2 aromatic rings. The lowest BCUT2D eigenvalue weighted by Gasteiger charge is -2.06. The number of carbonyl (C=O) groups excluding carboxylic acids is 1. The second kappa shape index (κ2) is 5.18. The van der Waals surface area contributed by atoms with E-state index in [1.807, 2.05) is 0 Å². The molecule has 0 saturated carbocycles. The van der Waals surface area contributed by atoms with Crippen molar-refractivity contribution in [2.45, 2.75) is 4.90 Å². The third kappa shape index (κ3) is 2.68. The maximum Gasteiger partial charge on any atom is 0.255 e. The minimum absolute atomic E-state index is 0.0659. The van der Waals surface area contributed by atoms with Gasteiger partial charge in [-0.1, -0.05) is 12.1 Å². The third-order valence-corrected chi connectivity index (χ3v) is 2.67. The van der Waals surface area contributed by atoms with Gasteiger partial charge < -0.3 is 5.32 Å². The predicted molar refractivity (Wildman–Crippen MR) is 68.0 cm³/mol. The lowest BCUT2D eigenvalue weighted by molar-refractivity contribution is 0.102. The highest BCUT2D eigenvalue weighted by Crippen LogP contribution is 2.17. The minimum Gasteiger partial charge on any atom is -0.319 e. The van der Waals surface area contributed by atoms with Crippen LogP contribution in [0.3, 0.4) is 0 Å². The molecule has 0 aliphatic carbocycles. The Morgan fingerprint density at radius 1 is 1.06 bits per heavy atom. The fourth-order valence-electron chi connectivity index (χ4n) is 1.41. The fraction of sp³-hybridized carbons (Fsp3) is 0. The van der Waals surface area contributed by atoms with E-state index >= 15 is 0 Å². The van der Waals surface area contributed by atoms with Gasteiger partial charge in [-0.2, -0.15) is 0 Å². The molecule has 18 heavy (non-hydrogen) atoms. The Hall–Kier alpha value is -1.88. The molecule has 0 bridgehead atoms. The van der Waals surface area contributed by atoms with Crippen LogP contribution >= 0.6 is 12.6 Å². The summed E-state index contributed by atoms with van der Waals surface area (Å²) in [7, 11) is 0. The van der Waals surface area contributed by atoms with Crippen LogP contribution in [0.2, 0.25) is 0 Å². The maximum atomic E-state index is 13.3. The molecule has 1 N–H and O–H groups in total. The Bertz CT molecular complexity index is 601. The van der Waals surface area contributed by atoms with E-state index in [4.69, 9.17) is 0 Å². The van der Waals surface area contributed by atoms with E-state index < -0.39 is 17.5 Å². The second-order valence-corrected chi connectivity index (χ2v) is 4.08. The van der Waals surface area contributed by atoms with E-state index in [0.29, 0.717) is 0 Å². The van der Waals surface area contributed by atoms with E-state index in [-0.39, 0.29) is 16.1 Å². The molecule has 0 heterocycles. The second-order valence-electron chi connectivity index (χ2n) is 3.60. The van der Waals surface area contributed by atoms with Crippen LogP contribution in [0.5, 0.6) is 0 Å². The number of carbonyl (C=O) groups is 1. The van der Waals surface area contributed by atoms with Crippen molar-refractivity contribution < 1.29 is 13.6 Å². The smallest absolute Gasteiger partial charge is 0.255 e. The van der Waals surface area contributed by atoms with Gasteiger partial charge in [-0.25, -0.2) is 8.78 Å². The third-order valence-electron chi connectivity index (χ3n) is 2.33. The summed E-state index contributed by atoms with van der Waals surface area (Å²) >= 11 is 3.88. The maximum absolute atomic E-state index is 13.3. The lowest BCUT2D eigenvalue weighted by atomic mass is 10.2. The van der Waals surface area contributed by atoms with Crippen molar-refractivity contribution in [3.63, 3.8) is 0 Å². The molecule has 0 aromatic heterocycles. The molecule has 0 saturated heterocycles. The van der Waals surface area contributed by atoms with Crippen molar-refractivity contribution in [2.75, 3.05) is 5.32 Å². The molecule has 2 aromatic carbocycles. The molecule has 0 spiro atoms. The van der Waals surface area contributed by atoms with Crippen LogP contribution in [0.4, 0.5) is 14.5 Å². The lowest BCUT2D eigenvalue weighted by Crippen LogP contribution is -2.13. The summed E-state index contributed by atoms with van der Waals surface area (Å²) in [5, 5.41) is 2.40. The summed E-state index contributed by atoms with van der Waals surface area (Å²) in [6.45, 7) is 0. The molecule has 5 heteroatoms. The van der Waals surface area contributed by atoms with E-state index in [9.17, 15) is 13.6 Å². The number of thiol groups is 1. The Labute approximate surface area is 108 Å². The van der Waals surface area contributed by atoms with Crippen molar-refractivity contribution in [2.24, 2.45) is 0 Å².